The number of esters is 1. The van der Waals surface area contributed by atoms with Gasteiger partial charge in [0, 0.05) is 5.33 Å². The molecule has 0 aliphatic heterocycles. The minimum Gasteiger partial charge on any atom is -0.462 e. The standard InChI is InChI=1S/C10H9BrF2O2/c1-2-15-10(14)8-7(12)4-3-6(5-11)9(8)13/h3-4H,2,5H2,1H3. The predicted octanol–water partition coefficient (Wildman–Crippen LogP) is 3.04. The van der Waals surface area contributed by atoms with E-state index in [0.717, 1.165) is 6.07 Å². The van der Waals surface area contributed by atoms with Crippen LogP contribution >= 0.6 is 15.9 Å². The van der Waals surface area contributed by atoms with Crippen LogP contribution in [-0.4, -0.2) is 12.6 Å². The third-order valence-electron chi connectivity index (χ3n) is 1.79. The maximum Gasteiger partial charge on any atom is 0.344 e. The molecule has 0 saturated heterocycles. The molecule has 0 radical (unpaired) electrons. The molecule has 1 aromatic carbocycles. The van der Waals surface area contributed by atoms with Crippen molar-refractivity contribution in [3.05, 3.63) is 34.9 Å². The van der Waals surface area contributed by atoms with E-state index in [1.807, 2.05) is 0 Å². The molecule has 0 heterocycles. The lowest BCUT2D eigenvalue weighted by molar-refractivity contribution is 0.0515. The van der Waals surface area contributed by atoms with E-state index in [1.165, 1.54) is 6.07 Å². The van der Waals surface area contributed by atoms with Crippen LogP contribution in [0, 0.1) is 11.6 Å². The van der Waals surface area contributed by atoms with E-state index in [1.54, 1.807) is 6.92 Å². The number of rotatable bonds is 3. The lowest BCUT2D eigenvalue weighted by Gasteiger charge is -2.06. The average Bonchev–Trinajstić information content (AvgIpc) is 2.18. The normalized spacial score (nSPS) is 10.1. The summed E-state index contributed by atoms with van der Waals surface area (Å²) in [5.74, 6) is -2.75. The second-order valence-electron chi connectivity index (χ2n) is 2.75. The van der Waals surface area contributed by atoms with E-state index in [9.17, 15) is 13.6 Å². The summed E-state index contributed by atoms with van der Waals surface area (Å²) in [5, 5.41) is 0.214. The molecule has 82 valence electrons. The molecule has 0 bridgehead atoms. The Bertz CT molecular complexity index is 380. The number of hydrogen-bond donors (Lipinski definition) is 0. The Morgan fingerprint density at radius 1 is 1.47 bits per heavy atom. The first-order valence-electron chi connectivity index (χ1n) is 4.31. The Morgan fingerprint density at radius 3 is 2.67 bits per heavy atom. The summed E-state index contributed by atoms with van der Waals surface area (Å²) in [6.45, 7) is 1.65. The van der Waals surface area contributed by atoms with Gasteiger partial charge in [0.05, 0.1) is 6.61 Å². The van der Waals surface area contributed by atoms with Gasteiger partial charge in [0.2, 0.25) is 0 Å². The Balaban J connectivity index is 3.20. The minimum atomic E-state index is -0.977. The van der Waals surface area contributed by atoms with Crippen LogP contribution in [-0.2, 0) is 10.1 Å². The Morgan fingerprint density at radius 2 is 2.13 bits per heavy atom. The van der Waals surface area contributed by atoms with E-state index in [-0.39, 0.29) is 17.5 Å². The summed E-state index contributed by atoms with van der Waals surface area (Å²) in [4.78, 5) is 11.2. The molecule has 5 heteroatoms. The molecular formula is C10H9BrF2O2. The molecule has 0 amide bonds. The monoisotopic (exact) mass is 278 g/mol. The quantitative estimate of drug-likeness (QED) is 0.628. The Hall–Kier alpha value is -0.970. The summed E-state index contributed by atoms with van der Waals surface area (Å²) in [7, 11) is 0. The summed E-state index contributed by atoms with van der Waals surface area (Å²) < 4.78 is 31.3. The lowest BCUT2D eigenvalue weighted by atomic mass is 10.1. The molecule has 0 spiro atoms. The largest absolute Gasteiger partial charge is 0.462 e. The first-order valence-corrected chi connectivity index (χ1v) is 5.43. The van der Waals surface area contributed by atoms with Crippen molar-refractivity contribution in [3.63, 3.8) is 0 Å². The number of benzene rings is 1. The topological polar surface area (TPSA) is 26.3 Å². The number of carbonyl (C=O) groups excluding carboxylic acids is 1. The van der Waals surface area contributed by atoms with Crippen molar-refractivity contribution >= 4 is 21.9 Å². The number of hydrogen-bond acceptors (Lipinski definition) is 2. The molecule has 0 fully saturated rings. The highest BCUT2D eigenvalue weighted by Crippen LogP contribution is 2.19. The minimum absolute atomic E-state index is 0.0796. The van der Waals surface area contributed by atoms with E-state index in [0.29, 0.717) is 0 Å². The van der Waals surface area contributed by atoms with E-state index in [4.69, 9.17) is 0 Å². The summed E-state index contributed by atoms with van der Waals surface area (Å²) in [6, 6.07) is 2.33. The van der Waals surface area contributed by atoms with Crippen molar-refractivity contribution in [2.75, 3.05) is 6.61 Å². The molecule has 1 aromatic rings. The maximum atomic E-state index is 13.5. The first-order chi connectivity index (χ1) is 7.11. The molecule has 2 nitrogen and oxygen atoms in total. The van der Waals surface area contributed by atoms with E-state index >= 15 is 0 Å². The molecule has 0 aliphatic rings. The summed E-state index contributed by atoms with van der Waals surface area (Å²) in [6.07, 6.45) is 0. The van der Waals surface area contributed by atoms with Gasteiger partial charge in [0.25, 0.3) is 0 Å². The van der Waals surface area contributed by atoms with Gasteiger partial charge in [-0.05, 0) is 18.6 Å². The zero-order valence-corrected chi connectivity index (χ0v) is 9.61. The van der Waals surface area contributed by atoms with Crippen LogP contribution in [0.3, 0.4) is 0 Å². The fourth-order valence-electron chi connectivity index (χ4n) is 1.09. The van der Waals surface area contributed by atoms with Crippen molar-refractivity contribution < 1.29 is 18.3 Å². The molecular weight excluding hydrogens is 270 g/mol. The van der Waals surface area contributed by atoms with E-state index < -0.39 is 23.2 Å². The maximum absolute atomic E-state index is 13.5. The zero-order valence-electron chi connectivity index (χ0n) is 8.02. The lowest BCUT2D eigenvalue weighted by Crippen LogP contribution is -2.11. The number of ether oxygens (including phenoxy) is 1. The summed E-state index contributed by atoms with van der Waals surface area (Å²) in [5.41, 5.74) is -0.409. The van der Waals surface area contributed by atoms with E-state index in [2.05, 4.69) is 20.7 Å². The van der Waals surface area contributed by atoms with Crippen molar-refractivity contribution in [2.45, 2.75) is 12.3 Å². The molecule has 0 saturated carbocycles. The van der Waals surface area contributed by atoms with Crippen molar-refractivity contribution in [1.82, 2.24) is 0 Å². The molecule has 15 heavy (non-hydrogen) atoms. The van der Waals surface area contributed by atoms with Crippen LogP contribution in [0.1, 0.15) is 22.8 Å². The molecule has 0 N–H and O–H groups in total. The fourth-order valence-corrected chi connectivity index (χ4v) is 1.52. The number of alkyl halides is 1. The molecule has 0 atom stereocenters. The molecule has 1 rings (SSSR count). The predicted molar refractivity (Wildman–Crippen MR) is 54.9 cm³/mol. The van der Waals surface area contributed by atoms with Crippen molar-refractivity contribution in [2.24, 2.45) is 0 Å². The highest BCUT2D eigenvalue weighted by molar-refractivity contribution is 9.08. The van der Waals surface area contributed by atoms with Crippen LogP contribution in [0.25, 0.3) is 0 Å². The second kappa shape index (κ2) is 5.21. The third-order valence-corrected chi connectivity index (χ3v) is 2.40. The smallest absolute Gasteiger partial charge is 0.344 e. The van der Waals surface area contributed by atoms with Gasteiger partial charge in [0.15, 0.2) is 0 Å². The van der Waals surface area contributed by atoms with Crippen LogP contribution in [0.4, 0.5) is 8.78 Å². The van der Waals surface area contributed by atoms with Gasteiger partial charge < -0.3 is 4.74 Å². The molecule has 0 unspecified atom stereocenters. The van der Waals surface area contributed by atoms with Crippen molar-refractivity contribution in [3.8, 4) is 0 Å². The average molecular weight is 279 g/mol. The van der Waals surface area contributed by atoms with Gasteiger partial charge in [0.1, 0.15) is 17.2 Å². The van der Waals surface area contributed by atoms with Gasteiger partial charge in [-0.3, -0.25) is 0 Å². The van der Waals surface area contributed by atoms with Gasteiger partial charge in [-0.2, -0.15) is 0 Å². The van der Waals surface area contributed by atoms with Gasteiger partial charge in [-0.15, -0.1) is 0 Å². The van der Waals surface area contributed by atoms with Gasteiger partial charge in [-0.25, -0.2) is 13.6 Å². The number of carbonyl (C=O) groups is 1. The SMILES string of the molecule is CCOC(=O)c1c(F)ccc(CBr)c1F. The van der Waals surface area contributed by atoms with Gasteiger partial charge >= 0.3 is 5.97 Å². The Labute approximate surface area is 94.4 Å². The molecule has 0 aliphatic carbocycles. The molecule has 0 aromatic heterocycles. The van der Waals surface area contributed by atoms with Crippen LogP contribution in [0.5, 0.6) is 0 Å². The Kier molecular flexibility index (Phi) is 4.20. The van der Waals surface area contributed by atoms with Crippen LogP contribution in [0.2, 0.25) is 0 Å². The van der Waals surface area contributed by atoms with Crippen molar-refractivity contribution in [1.29, 1.82) is 0 Å². The third kappa shape index (κ3) is 2.53. The highest BCUT2D eigenvalue weighted by Gasteiger charge is 2.20. The second-order valence-corrected chi connectivity index (χ2v) is 3.31. The van der Waals surface area contributed by atoms with Gasteiger partial charge in [-0.1, -0.05) is 22.0 Å². The zero-order chi connectivity index (χ0) is 11.4. The van der Waals surface area contributed by atoms with Crippen LogP contribution < -0.4 is 0 Å². The fraction of sp³-hybridized carbons (Fsp3) is 0.300. The highest BCUT2D eigenvalue weighted by atomic mass is 79.9. The summed E-state index contributed by atoms with van der Waals surface area (Å²) >= 11 is 3.04. The number of halogens is 3. The first kappa shape index (κ1) is 12.1. The van der Waals surface area contributed by atoms with Crippen LogP contribution in [0.15, 0.2) is 12.1 Å².